The van der Waals surface area contributed by atoms with Crippen molar-refractivity contribution in [3.63, 3.8) is 0 Å². The number of hydrogen-bond donors (Lipinski definition) is 0. The minimum absolute atomic E-state index is 0.0316. The van der Waals surface area contributed by atoms with Crippen LogP contribution in [0, 0.1) is 0 Å². The molecule has 0 aliphatic carbocycles. The molecule has 25 heavy (non-hydrogen) atoms. The molecule has 0 radical (unpaired) electrons. The van der Waals surface area contributed by atoms with Gasteiger partial charge in [0.25, 0.3) is 0 Å². The molecule has 3 aromatic rings. The minimum Gasteiger partial charge on any atom is -0.465 e. The summed E-state index contributed by atoms with van der Waals surface area (Å²) in [7, 11) is 0. The maximum Gasteiger partial charge on any atom is 0.325 e. The van der Waals surface area contributed by atoms with Crippen molar-refractivity contribution in [1.29, 1.82) is 0 Å². The Labute approximate surface area is 145 Å². The van der Waals surface area contributed by atoms with Crippen molar-refractivity contribution in [3.05, 3.63) is 47.5 Å². The Balaban J connectivity index is 2.30. The van der Waals surface area contributed by atoms with Crippen LogP contribution in [0.4, 0.5) is 0 Å². The summed E-state index contributed by atoms with van der Waals surface area (Å²) in [6.45, 7) is 5.19. The number of carbonyl (C=O) groups excluding carboxylic acids is 3. The molecule has 0 aliphatic rings. The number of hydrogen-bond acceptors (Lipinski definition) is 4. The van der Waals surface area contributed by atoms with Gasteiger partial charge in [0.15, 0.2) is 11.6 Å². The lowest BCUT2D eigenvalue weighted by molar-refractivity contribution is -0.143. The average Bonchev–Trinajstić information content (AvgIpc) is 2.88. The number of aromatic nitrogens is 1. The van der Waals surface area contributed by atoms with E-state index in [0.717, 1.165) is 21.8 Å². The van der Waals surface area contributed by atoms with Crippen LogP contribution in [0.1, 0.15) is 41.5 Å². The van der Waals surface area contributed by atoms with E-state index in [1.807, 2.05) is 28.8 Å². The number of esters is 1. The third kappa shape index (κ3) is 3.05. The van der Waals surface area contributed by atoms with Crippen LogP contribution < -0.4 is 0 Å². The molecule has 128 valence electrons. The molecular weight excluding hydrogens is 318 g/mol. The second kappa shape index (κ2) is 6.51. The van der Waals surface area contributed by atoms with Gasteiger partial charge < -0.3 is 9.30 Å². The fourth-order valence-corrected chi connectivity index (χ4v) is 3.05. The number of nitrogens with zero attached hydrogens (tertiary/aromatic N) is 1. The zero-order valence-electron chi connectivity index (χ0n) is 14.5. The largest absolute Gasteiger partial charge is 0.465 e. The van der Waals surface area contributed by atoms with Gasteiger partial charge in [-0.25, -0.2) is 0 Å². The third-order valence-electron chi connectivity index (χ3n) is 4.27. The smallest absolute Gasteiger partial charge is 0.325 e. The molecule has 0 unspecified atom stereocenters. The van der Waals surface area contributed by atoms with Gasteiger partial charge in [-0.3, -0.25) is 14.4 Å². The molecule has 2 aromatic carbocycles. The molecule has 0 amide bonds. The van der Waals surface area contributed by atoms with E-state index < -0.39 is 0 Å². The fourth-order valence-electron chi connectivity index (χ4n) is 3.05. The predicted molar refractivity (Wildman–Crippen MR) is 96.1 cm³/mol. The summed E-state index contributed by atoms with van der Waals surface area (Å²) < 4.78 is 6.93. The van der Waals surface area contributed by atoms with E-state index in [0.29, 0.717) is 17.7 Å². The van der Waals surface area contributed by atoms with Gasteiger partial charge in [0, 0.05) is 32.9 Å². The van der Waals surface area contributed by atoms with E-state index in [1.165, 1.54) is 13.8 Å². The predicted octanol–water partition coefficient (Wildman–Crippen LogP) is 3.76. The highest BCUT2D eigenvalue weighted by Gasteiger charge is 2.16. The quantitative estimate of drug-likeness (QED) is 0.525. The number of fused-ring (bicyclic) bond motifs is 3. The van der Waals surface area contributed by atoms with Crippen LogP contribution in [0.15, 0.2) is 36.4 Å². The van der Waals surface area contributed by atoms with Crippen LogP contribution in [0.5, 0.6) is 0 Å². The van der Waals surface area contributed by atoms with Crippen molar-refractivity contribution in [2.24, 2.45) is 0 Å². The van der Waals surface area contributed by atoms with Crippen molar-refractivity contribution < 1.29 is 19.1 Å². The second-order valence-electron chi connectivity index (χ2n) is 5.97. The summed E-state index contributed by atoms with van der Waals surface area (Å²) in [5.41, 5.74) is 2.84. The van der Waals surface area contributed by atoms with E-state index in [-0.39, 0.29) is 24.1 Å². The molecule has 0 spiro atoms. The Hall–Kier alpha value is -2.95. The zero-order chi connectivity index (χ0) is 18.1. The van der Waals surface area contributed by atoms with Crippen LogP contribution in [0.3, 0.4) is 0 Å². The Morgan fingerprint density at radius 2 is 1.36 bits per heavy atom. The number of rotatable bonds is 5. The van der Waals surface area contributed by atoms with Gasteiger partial charge in [-0.1, -0.05) is 0 Å². The van der Waals surface area contributed by atoms with Crippen LogP contribution in [-0.2, 0) is 16.1 Å². The van der Waals surface area contributed by atoms with Crippen molar-refractivity contribution in [3.8, 4) is 0 Å². The molecule has 0 aliphatic heterocycles. The van der Waals surface area contributed by atoms with E-state index in [9.17, 15) is 14.4 Å². The molecule has 0 bridgehead atoms. The highest BCUT2D eigenvalue weighted by atomic mass is 16.5. The number of ketones is 2. The summed E-state index contributed by atoms with van der Waals surface area (Å²) in [4.78, 5) is 35.5. The minimum atomic E-state index is -0.326. The second-order valence-corrected chi connectivity index (χ2v) is 5.97. The van der Waals surface area contributed by atoms with Crippen LogP contribution >= 0.6 is 0 Å². The monoisotopic (exact) mass is 337 g/mol. The van der Waals surface area contributed by atoms with Gasteiger partial charge in [-0.15, -0.1) is 0 Å². The van der Waals surface area contributed by atoms with Crippen LogP contribution in [-0.4, -0.2) is 28.7 Å². The zero-order valence-corrected chi connectivity index (χ0v) is 14.5. The highest BCUT2D eigenvalue weighted by Crippen LogP contribution is 2.31. The number of benzene rings is 2. The van der Waals surface area contributed by atoms with Crippen LogP contribution in [0.25, 0.3) is 21.8 Å². The molecule has 3 rings (SSSR count). The SMILES string of the molecule is CCOC(=O)Cn1c2ccc(C(C)=O)cc2c2cc(C(C)=O)ccc21. The molecule has 0 N–H and O–H groups in total. The Morgan fingerprint density at radius 1 is 0.880 bits per heavy atom. The molecule has 5 heteroatoms. The summed E-state index contributed by atoms with van der Waals surface area (Å²) in [5.74, 6) is -0.389. The topological polar surface area (TPSA) is 65.4 Å². The summed E-state index contributed by atoms with van der Waals surface area (Å²) in [5, 5.41) is 1.69. The van der Waals surface area contributed by atoms with Crippen molar-refractivity contribution in [1.82, 2.24) is 4.57 Å². The first-order chi connectivity index (χ1) is 11.9. The first kappa shape index (κ1) is 16.9. The van der Waals surface area contributed by atoms with E-state index in [1.54, 1.807) is 19.1 Å². The number of carbonyl (C=O) groups is 3. The van der Waals surface area contributed by atoms with Gasteiger partial charge >= 0.3 is 5.97 Å². The third-order valence-corrected chi connectivity index (χ3v) is 4.27. The fraction of sp³-hybridized carbons (Fsp3) is 0.250. The van der Waals surface area contributed by atoms with E-state index >= 15 is 0 Å². The van der Waals surface area contributed by atoms with Crippen molar-refractivity contribution >= 4 is 39.3 Å². The Kier molecular flexibility index (Phi) is 4.40. The molecule has 0 saturated heterocycles. The molecule has 1 aromatic heterocycles. The lowest BCUT2D eigenvalue weighted by Gasteiger charge is -2.07. The lowest BCUT2D eigenvalue weighted by Crippen LogP contribution is -2.13. The van der Waals surface area contributed by atoms with Gasteiger partial charge in [0.1, 0.15) is 6.54 Å². The molecule has 1 heterocycles. The van der Waals surface area contributed by atoms with E-state index in [2.05, 4.69) is 0 Å². The lowest BCUT2D eigenvalue weighted by atomic mass is 10.0. The Morgan fingerprint density at radius 3 is 1.76 bits per heavy atom. The summed E-state index contributed by atoms with van der Waals surface area (Å²) in [6, 6.07) is 10.8. The highest BCUT2D eigenvalue weighted by molar-refractivity contribution is 6.13. The molecule has 0 fully saturated rings. The average molecular weight is 337 g/mol. The van der Waals surface area contributed by atoms with Gasteiger partial charge in [0.2, 0.25) is 0 Å². The maximum absolute atomic E-state index is 12.0. The molecule has 5 nitrogen and oxygen atoms in total. The molecule has 0 atom stereocenters. The van der Waals surface area contributed by atoms with E-state index in [4.69, 9.17) is 4.74 Å². The standard InChI is InChI=1S/C20H19NO4/c1-4-25-20(24)11-21-18-7-5-14(12(2)22)9-16(18)17-10-15(13(3)23)6-8-19(17)21/h5-10H,4,11H2,1-3H3. The summed E-state index contributed by atoms with van der Waals surface area (Å²) >= 11 is 0. The first-order valence-electron chi connectivity index (χ1n) is 8.16. The number of Topliss-reactive ketones (excluding diaryl/α,β-unsaturated/α-hetero) is 2. The normalized spacial score (nSPS) is 11.0. The Bertz CT molecular complexity index is 942. The van der Waals surface area contributed by atoms with Gasteiger partial charge in [-0.2, -0.15) is 0 Å². The van der Waals surface area contributed by atoms with Gasteiger partial charge in [-0.05, 0) is 57.2 Å². The molecule has 0 saturated carbocycles. The first-order valence-corrected chi connectivity index (χ1v) is 8.16. The number of ether oxygens (including phenoxy) is 1. The summed E-state index contributed by atoms with van der Waals surface area (Å²) in [6.07, 6.45) is 0. The van der Waals surface area contributed by atoms with Crippen molar-refractivity contribution in [2.75, 3.05) is 6.61 Å². The van der Waals surface area contributed by atoms with Gasteiger partial charge in [0.05, 0.1) is 6.61 Å². The molecular formula is C20H19NO4. The maximum atomic E-state index is 12.0. The van der Waals surface area contributed by atoms with Crippen LogP contribution in [0.2, 0.25) is 0 Å². The van der Waals surface area contributed by atoms with Crippen molar-refractivity contribution in [2.45, 2.75) is 27.3 Å².